The Balaban J connectivity index is 0.000000745. The summed E-state index contributed by atoms with van der Waals surface area (Å²) in [5.41, 5.74) is 1.21. The fourth-order valence-electron chi connectivity index (χ4n) is 2.24. The Morgan fingerprint density at radius 3 is 2.41 bits per heavy atom. The van der Waals surface area contributed by atoms with Gasteiger partial charge in [0.1, 0.15) is 5.84 Å². The van der Waals surface area contributed by atoms with Crippen LogP contribution in [0.1, 0.15) is 57.8 Å². The average Bonchev–Trinajstić information content (AvgIpc) is 2.72. The molecule has 0 aromatic heterocycles. The predicted molar refractivity (Wildman–Crippen MR) is 90.6 cm³/mol. The van der Waals surface area contributed by atoms with Crippen molar-refractivity contribution in [1.82, 2.24) is 0 Å². The Morgan fingerprint density at radius 1 is 1.36 bits per heavy atom. The molecule has 1 aromatic rings. The van der Waals surface area contributed by atoms with Crippen molar-refractivity contribution in [3.8, 4) is 0 Å². The van der Waals surface area contributed by atoms with Crippen LogP contribution in [0.25, 0.3) is 0 Å². The highest BCUT2D eigenvalue weighted by molar-refractivity contribution is 6.22. The highest BCUT2D eigenvalue weighted by Crippen LogP contribution is 2.27. The van der Waals surface area contributed by atoms with Gasteiger partial charge in [0, 0.05) is 23.8 Å². The monoisotopic (exact) mass is 302 g/mol. The number of hydrogen-bond donors (Lipinski definition) is 1. The van der Waals surface area contributed by atoms with Crippen LogP contribution in [-0.4, -0.2) is 17.5 Å². The maximum absolute atomic E-state index is 12.0. The molecule has 1 unspecified atom stereocenters. The summed E-state index contributed by atoms with van der Waals surface area (Å²) >= 11 is 0. The van der Waals surface area contributed by atoms with E-state index in [-0.39, 0.29) is 23.5 Å². The number of amides is 1. The summed E-state index contributed by atoms with van der Waals surface area (Å²) in [7, 11) is 0. The first-order chi connectivity index (χ1) is 10.3. The quantitative estimate of drug-likeness (QED) is 0.846. The molecule has 4 heteroatoms. The highest BCUT2D eigenvalue weighted by atomic mass is 16.2. The number of benzene rings is 1. The molecule has 1 aliphatic rings. The highest BCUT2D eigenvalue weighted by Gasteiger charge is 2.34. The molecule has 1 saturated heterocycles. The lowest BCUT2D eigenvalue weighted by atomic mass is 10.0. The van der Waals surface area contributed by atoms with Crippen molar-refractivity contribution >= 4 is 23.2 Å². The van der Waals surface area contributed by atoms with E-state index in [0.717, 1.165) is 0 Å². The van der Waals surface area contributed by atoms with Gasteiger partial charge in [0.15, 0.2) is 5.78 Å². The summed E-state index contributed by atoms with van der Waals surface area (Å²) in [5.74, 6) is 0.0405. The molecule has 1 fully saturated rings. The lowest BCUT2D eigenvalue weighted by molar-refractivity contribution is -0.119. The predicted octanol–water partition coefficient (Wildman–Crippen LogP) is 4.29. The van der Waals surface area contributed by atoms with E-state index in [1.165, 1.54) is 11.3 Å². The van der Waals surface area contributed by atoms with Crippen molar-refractivity contribution in [2.24, 2.45) is 11.8 Å². The Bertz CT molecular complexity index is 564. The zero-order chi connectivity index (χ0) is 16.9. The molecule has 1 heterocycles. The van der Waals surface area contributed by atoms with Gasteiger partial charge >= 0.3 is 0 Å². The zero-order valence-corrected chi connectivity index (χ0v) is 14.1. The van der Waals surface area contributed by atoms with E-state index in [1.807, 2.05) is 20.8 Å². The van der Waals surface area contributed by atoms with Gasteiger partial charge in [-0.2, -0.15) is 0 Å². The molecule has 4 nitrogen and oxygen atoms in total. The van der Waals surface area contributed by atoms with E-state index in [4.69, 9.17) is 5.41 Å². The van der Waals surface area contributed by atoms with Gasteiger partial charge < -0.3 is 0 Å². The minimum Gasteiger partial charge on any atom is -0.294 e. The molecule has 1 N–H and O–H groups in total. The number of amidine groups is 1. The third-order valence-corrected chi connectivity index (χ3v) is 3.32. The summed E-state index contributed by atoms with van der Waals surface area (Å²) < 4.78 is 0. The lowest BCUT2D eigenvalue weighted by Gasteiger charge is -2.17. The van der Waals surface area contributed by atoms with Crippen molar-refractivity contribution in [3.05, 3.63) is 29.8 Å². The number of anilines is 1. The largest absolute Gasteiger partial charge is 0.294 e. The van der Waals surface area contributed by atoms with Crippen molar-refractivity contribution in [2.75, 3.05) is 4.90 Å². The van der Waals surface area contributed by atoms with Crippen molar-refractivity contribution < 1.29 is 9.59 Å². The van der Waals surface area contributed by atoms with Gasteiger partial charge in [-0.3, -0.25) is 19.9 Å². The van der Waals surface area contributed by atoms with Gasteiger partial charge in [0.25, 0.3) is 0 Å². The summed E-state index contributed by atoms with van der Waals surface area (Å²) in [5, 5.41) is 7.89. The molecular weight excluding hydrogens is 276 g/mol. The first-order valence-corrected chi connectivity index (χ1v) is 7.89. The summed E-state index contributed by atoms with van der Waals surface area (Å²) in [6.07, 6.45) is 1.71. The summed E-state index contributed by atoms with van der Waals surface area (Å²) in [6.45, 7) is 9.76. The first-order valence-electron chi connectivity index (χ1n) is 7.89. The molecule has 1 aliphatic heterocycles. The molecule has 1 amide bonds. The zero-order valence-electron chi connectivity index (χ0n) is 14.1. The van der Waals surface area contributed by atoms with Crippen LogP contribution < -0.4 is 4.90 Å². The van der Waals surface area contributed by atoms with E-state index < -0.39 is 0 Å². The molecule has 22 heavy (non-hydrogen) atoms. The molecule has 0 bridgehead atoms. The fourth-order valence-corrected chi connectivity index (χ4v) is 2.24. The Kier molecular flexibility index (Phi) is 6.47. The lowest BCUT2D eigenvalue weighted by Crippen LogP contribution is -2.29. The fraction of sp³-hybridized carbons (Fsp3) is 0.500. The normalized spacial score (nSPS) is 17.5. The van der Waals surface area contributed by atoms with E-state index in [2.05, 4.69) is 13.8 Å². The first kappa shape index (κ1) is 18.1. The number of hydrogen-bond acceptors (Lipinski definition) is 3. The number of carbonyl (C=O) groups excluding carboxylic acids is 2. The average molecular weight is 302 g/mol. The Labute approximate surface area is 133 Å². The smallest absolute Gasteiger partial charge is 0.235 e. The van der Waals surface area contributed by atoms with Crippen LogP contribution >= 0.6 is 0 Å². The minimum absolute atomic E-state index is 0.0491. The number of nitrogens with one attached hydrogen (secondary N) is 1. The molecular formula is C18H26N2O2. The van der Waals surface area contributed by atoms with Crippen LogP contribution in [-0.2, 0) is 4.79 Å². The molecule has 0 spiro atoms. The Morgan fingerprint density at radius 2 is 1.95 bits per heavy atom. The number of rotatable bonds is 3. The van der Waals surface area contributed by atoms with Crippen molar-refractivity contribution in [2.45, 2.75) is 47.5 Å². The van der Waals surface area contributed by atoms with Gasteiger partial charge in [-0.1, -0.05) is 53.2 Å². The third-order valence-electron chi connectivity index (χ3n) is 3.32. The van der Waals surface area contributed by atoms with Gasteiger partial charge in [0.05, 0.1) is 5.69 Å². The van der Waals surface area contributed by atoms with E-state index in [0.29, 0.717) is 23.5 Å². The molecule has 1 atom stereocenters. The number of ketones is 1. The van der Waals surface area contributed by atoms with Crippen molar-refractivity contribution in [3.63, 3.8) is 0 Å². The van der Waals surface area contributed by atoms with E-state index in [9.17, 15) is 9.59 Å². The van der Waals surface area contributed by atoms with Gasteiger partial charge in [-0.15, -0.1) is 0 Å². The van der Waals surface area contributed by atoms with Crippen molar-refractivity contribution in [1.29, 1.82) is 5.41 Å². The van der Waals surface area contributed by atoms with Crippen LogP contribution in [0.15, 0.2) is 24.3 Å². The second-order valence-electron chi connectivity index (χ2n) is 6.00. The molecule has 0 saturated carbocycles. The van der Waals surface area contributed by atoms with Crippen LogP contribution in [0.4, 0.5) is 5.69 Å². The summed E-state index contributed by atoms with van der Waals surface area (Å²) in [4.78, 5) is 25.4. The van der Waals surface area contributed by atoms with E-state index >= 15 is 0 Å². The van der Waals surface area contributed by atoms with Gasteiger partial charge in [0.2, 0.25) is 5.91 Å². The number of carbonyl (C=O) groups is 2. The van der Waals surface area contributed by atoms with Gasteiger partial charge in [-0.05, 0) is 12.1 Å². The minimum atomic E-state index is -0.156. The second kappa shape index (κ2) is 7.87. The molecule has 0 radical (unpaired) electrons. The third kappa shape index (κ3) is 4.03. The molecule has 120 valence electrons. The topological polar surface area (TPSA) is 61.2 Å². The second-order valence-corrected chi connectivity index (χ2v) is 6.00. The standard InChI is InChI=1S/C15H18N2O2.C3H8/c1-9(2)14(18)11-5-4-6-12(8-11)17-13(16)7-10(3)15(17)19;1-3-2/h4-6,8-10,16H,7H2,1-3H3;3H2,1-2H3. The molecule has 1 aromatic carbocycles. The van der Waals surface area contributed by atoms with Crippen LogP contribution in [0, 0.1) is 17.2 Å². The maximum atomic E-state index is 12.0. The van der Waals surface area contributed by atoms with Crippen LogP contribution in [0.5, 0.6) is 0 Å². The van der Waals surface area contributed by atoms with E-state index in [1.54, 1.807) is 24.3 Å². The SMILES string of the molecule is CC(C)C(=O)c1cccc(N2C(=N)CC(C)C2=O)c1.CCC. The number of Topliss-reactive ketones (excluding diaryl/α,β-unsaturated/α-hetero) is 1. The number of nitrogens with zero attached hydrogens (tertiary/aromatic N) is 1. The van der Waals surface area contributed by atoms with Crippen LogP contribution in [0.3, 0.4) is 0 Å². The Hall–Kier alpha value is -1.97. The summed E-state index contributed by atoms with van der Waals surface area (Å²) in [6, 6.07) is 6.97. The van der Waals surface area contributed by atoms with Crippen LogP contribution in [0.2, 0.25) is 0 Å². The maximum Gasteiger partial charge on any atom is 0.235 e. The molecule has 2 rings (SSSR count). The molecule has 0 aliphatic carbocycles. The van der Waals surface area contributed by atoms with Gasteiger partial charge in [-0.25, -0.2) is 0 Å².